The molecule has 0 saturated heterocycles. The Hall–Kier alpha value is -0.730. The van der Waals surface area contributed by atoms with E-state index in [2.05, 4.69) is 24.1 Å². The molecule has 2 nitrogen and oxygen atoms in total. The summed E-state index contributed by atoms with van der Waals surface area (Å²) in [5, 5.41) is 0. The van der Waals surface area contributed by atoms with Gasteiger partial charge in [0.05, 0.1) is 6.10 Å². The zero-order valence-electron chi connectivity index (χ0n) is 10.9. The van der Waals surface area contributed by atoms with Crippen LogP contribution in [0.5, 0.6) is 5.75 Å². The van der Waals surface area contributed by atoms with Crippen LogP contribution in [0.3, 0.4) is 0 Å². The maximum Gasteiger partial charge on any atom is 0.119 e. The summed E-state index contributed by atoms with van der Waals surface area (Å²) in [7, 11) is 2.12. The predicted octanol–water partition coefficient (Wildman–Crippen LogP) is 3.53. The van der Waals surface area contributed by atoms with Gasteiger partial charge in [-0.05, 0) is 51.6 Å². The number of nitrogens with zero attached hydrogens (tertiary/aromatic N) is 1. The minimum atomic E-state index is 0.229. The predicted molar refractivity (Wildman–Crippen MR) is 73.9 cm³/mol. The number of halogens is 1. The molecule has 0 fully saturated rings. The fourth-order valence-corrected chi connectivity index (χ4v) is 1.79. The molecule has 0 atom stereocenters. The maximum atomic E-state index is 5.67. The van der Waals surface area contributed by atoms with E-state index in [1.54, 1.807) is 0 Å². The highest BCUT2D eigenvalue weighted by Crippen LogP contribution is 2.14. The first-order valence-electron chi connectivity index (χ1n) is 6.12. The molecule has 0 amide bonds. The van der Waals surface area contributed by atoms with Crippen molar-refractivity contribution in [1.29, 1.82) is 0 Å². The molecule has 0 aliphatic heterocycles. The zero-order valence-corrected chi connectivity index (χ0v) is 11.7. The molecular formula is C14H22ClNO. The van der Waals surface area contributed by atoms with Gasteiger partial charge in [0, 0.05) is 12.4 Å². The van der Waals surface area contributed by atoms with Gasteiger partial charge in [-0.3, -0.25) is 0 Å². The van der Waals surface area contributed by atoms with Crippen molar-refractivity contribution >= 4 is 11.6 Å². The third-order valence-corrected chi connectivity index (χ3v) is 2.69. The molecule has 0 unspecified atom stereocenters. The van der Waals surface area contributed by atoms with E-state index in [-0.39, 0.29) is 6.10 Å². The Labute approximate surface area is 110 Å². The molecule has 0 spiro atoms. The minimum absolute atomic E-state index is 0.229. The average molecular weight is 256 g/mol. The van der Waals surface area contributed by atoms with E-state index in [1.807, 2.05) is 26.0 Å². The fourth-order valence-electron chi connectivity index (χ4n) is 1.67. The number of rotatable bonds is 7. The van der Waals surface area contributed by atoms with Crippen LogP contribution in [0.15, 0.2) is 24.3 Å². The van der Waals surface area contributed by atoms with Gasteiger partial charge in [0.25, 0.3) is 0 Å². The second-order valence-electron chi connectivity index (χ2n) is 4.59. The van der Waals surface area contributed by atoms with Crippen molar-refractivity contribution in [3.05, 3.63) is 29.8 Å². The van der Waals surface area contributed by atoms with Gasteiger partial charge in [-0.15, -0.1) is 11.6 Å². The van der Waals surface area contributed by atoms with E-state index in [4.69, 9.17) is 16.3 Å². The van der Waals surface area contributed by atoms with Gasteiger partial charge in [0.15, 0.2) is 0 Å². The van der Waals surface area contributed by atoms with Crippen molar-refractivity contribution in [1.82, 2.24) is 4.90 Å². The van der Waals surface area contributed by atoms with Crippen LogP contribution < -0.4 is 4.74 Å². The van der Waals surface area contributed by atoms with Crippen LogP contribution in [0.2, 0.25) is 0 Å². The minimum Gasteiger partial charge on any atom is -0.491 e. The topological polar surface area (TPSA) is 12.5 Å². The number of alkyl halides is 1. The summed E-state index contributed by atoms with van der Waals surface area (Å²) in [4.78, 5) is 2.28. The van der Waals surface area contributed by atoms with Gasteiger partial charge in [-0.25, -0.2) is 0 Å². The highest BCUT2D eigenvalue weighted by molar-refractivity contribution is 6.17. The van der Waals surface area contributed by atoms with Crippen LogP contribution in [-0.2, 0) is 6.54 Å². The van der Waals surface area contributed by atoms with Crippen molar-refractivity contribution in [2.75, 3.05) is 19.5 Å². The van der Waals surface area contributed by atoms with Gasteiger partial charge >= 0.3 is 0 Å². The Morgan fingerprint density at radius 3 is 2.41 bits per heavy atom. The second kappa shape index (κ2) is 7.57. The fraction of sp³-hybridized carbons (Fsp3) is 0.571. The zero-order chi connectivity index (χ0) is 12.7. The van der Waals surface area contributed by atoms with Gasteiger partial charge < -0.3 is 9.64 Å². The molecule has 0 aromatic heterocycles. The molecule has 1 aromatic rings. The third-order valence-electron chi connectivity index (χ3n) is 2.42. The standard InChI is InChI=1S/C14H22ClNO/c1-12(2)17-14-7-5-13(6-8-14)11-16(3)10-4-9-15/h5-8,12H,4,9-11H2,1-3H3. The maximum absolute atomic E-state index is 5.67. The molecule has 96 valence electrons. The molecule has 1 aromatic carbocycles. The molecule has 17 heavy (non-hydrogen) atoms. The molecule has 3 heteroatoms. The van der Waals surface area contributed by atoms with Crippen LogP contribution in [0.1, 0.15) is 25.8 Å². The SMILES string of the molecule is CC(C)Oc1ccc(CN(C)CCCCl)cc1. The largest absolute Gasteiger partial charge is 0.491 e. The Kier molecular flexibility index (Phi) is 6.38. The van der Waals surface area contributed by atoms with Crippen molar-refractivity contribution < 1.29 is 4.74 Å². The molecular weight excluding hydrogens is 234 g/mol. The Balaban J connectivity index is 2.44. The summed E-state index contributed by atoms with van der Waals surface area (Å²) in [6, 6.07) is 8.30. The quantitative estimate of drug-likeness (QED) is 0.691. The summed E-state index contributed by atoms with van der Waals surface area (Å²) in [6.45, 7) is 6.06. The average Bonchev–Trinajstić information content (AvgIpc) is 2.28. The first kappa shape index (κ1) is 14.3. The molecule has 0 radical (unpaired) electrons. The Morgan fingerprint density at radius 1 is 1.24 bits per heavy atom. The third kappa shape index (κ3) is 5.94. The Morgan fingerprint density at radius 2 is 1.88 bits per heavy atom. The van der Waals surface area contributed by atoms with Crippen LogP contribution in [0.4, 0.5) is 0 Å². The second-order valence-corrected chi connectivity index (χ2v) is 4.97. The van der Waals surface area contributed by atoms with Crippen LogP contribution in [0, 0.1) is 0 Å². The smallest absolute Gasteiger partial charge is 0.119 e. The van der Waals surface area contributed by atoms with E-state index in [0.717, 1.165) is 31.1 Å². The van der Waals surface area contributed by atoms with Crippen LogP contribution >= 0.6 is 11.6 Å². The molecule has 0 aliphatic rings. The molecule has 0 heterocycles. The van der Waals surface area contributed by atoms with E-state index < -0.39 is 0 Å². The van der Waals surface area contributed by atoms with Gasteiger partial charge in [0.1, 0.15) is 5.75 Å². The van der Waals surface area contributed by atoms with Gasteiger partial charge in [0.2, 0.25) is 0 Å². The van der Waals surface area contributed by atoms with Gasteiger partial charge in [-0.2, -0.15) is 0 Å². The summed E-state index contributed by atoms with van der Waals surface area (Å²) in [6.07, 6.45) is 1.26. The lowest BCUT2D eigenvalue weighted by Crippen LogP contribution is -2.19. The molecule has 0 aliphatic carbocycles. The molecule has 1 rings (SSSR count). The van der Waals surface area contributed by atoms with Crippen molar-refractivity contribution in [2.45, 2.75) is 32.9 Å². The van der Waals surface area contributed by atoms with Crippen molar-refractivity contribution in [3.63, 3.8) is 0 Å². The molecule has 0 bridgehead atoms. The number of benzene rings is 1. The lowest BCUT2D eigenvalue weighted by Gasteiger charge is -2.16. The van der Waals surface area contributed by atoms with Crippen LogP contribution in [0.25, 0.3) is 0 Å². The van der Waals surface area contributed by atoms with Crippen molar-refractivity contribution in [2.24, 2.45) is 0 Å². The first-order valence-corrected chi connectivity index (χ1v) is 6.65. The number of hydrogen-bond donors (Lipinski definition) is 0. The molecule has 0 saturated carbocycles. The lowest BCUT2D eigenvalue weighted by molar-refractivity contribution is 0.242. The van der Waals surface area contributed by atoms with Gasteiger partial charge in [-0.1, -0.05) is 12.1 Å². The highest BCUT2D eigenvalue weighted by Gasteiger charge is 2.01. The summed E-state index contributed by atoms with van der Waals surface area (Å²) >= 11 is 5.67. The normalized spacial score (nSPS) is 11.2. The van der Waals surface area contributed by atoms with Crippen LogP contribution in [-0.4, -0.2) is 30.5 Å². The summed E-state index contributed by atoms with van der Waals surface area (Å²) in [5.41, 5.74) is 1.30. The highest BCUT2D eigenvalue weighted by atomic mass is 35.5. The number of hydrogen-bond acceptors (Lipinski definition) is 2. The Bertz CT molecular complexity index is 311. The van der Waals surface area contributed by atoms with E-state index in [9.17, 15) is 0 Å². The van der Waals surface area contributed by atoms with E-state index in [0.29, 0.717) is 0 Å². The lowest BCUT2D eigenvalue weighted by atomic mass is 10.2. The van der Waals surface area contributed by atoms with E-state index in [1.165, 1.54) is 5.56 Å². The monoisotopic (exact) mass is 255 g/mol. The number of ether oxygens (including phenoxy) is 1. The summed E-state index contributed by atoms with van der Waals surface area (Å²) < 4.78 is 5.61. The van der Waals surface area contributed by atoms with E-state index >= 15 is 0 Å². The van der Waals surface area contributed by atoms with Crippen molar-refractivity contribution in [3.8, 4) is 5.75 Å². The summed E-state index contributed by atoms with van der Waals surface area (Å²) in [5.74, 6) is 1.66. The molecule has 0 N–H and O–H groups in total. The first-order chi connectivity index (χ1) is 8.11.